The number of fused-ring (bicyclic) bond motifs is 1. The average Bonchev–Trinajstić information content (AvgIpc) is 3.48. The predicted octanol–water partition coefficient (Wildman–Crippen LogP) is 6.02. The highest BCUT2D eigenvalue weighted by Crippen LogP contribution is 2.24. The molecular weight excluding hydrogens is 464 g/mol. The summed E-state index contributed by atoms with van der Waals surface area (Å²) in [6.07, 6.45) is 2.36. The zero-order valence-corrected chi connectivity index (χ0v) is 20.5. The molecule has 184 valence electrons. The molecule has 0 spiro atoms. The normalized spacial score (nSPS) is 15.9. The minimum absolute atomic E-state index is 0.0415. The monoisotopic (exact) mass is 490 g/mol. The average molecular weight is 491 g/mol. The fourth-order valence-corrected chi connectivity index (χ4v) is 4.12. The first-order valence-electron chi connectivity index (χ1n) is 12.3. The molecule has 0 aliphatic carbocycles. The Morgan fingerprint density at radius 1 is 1.00 bits per heavy atom. The maximum Gasteiger partial charge on any atom is 0.334 e. The molecule has 3 aromatic carbocycles. The fraction of sp³-hybridized carbons (Fsp3) is 0.188. The van der Waals surface area contributed by atoms with Crippen molar-refractivity contribution >= 4 is 29.0 Å². The lowest BCUT2D eigenvalue weighted by atomic mass is 10.1. The van der Waals surface area contributed by atoms with E-state index in [1.54, 1.807) is 0 Å². The van der Waals surface area contributed by atoms with Gasteiger partial charge in [0, 0.05) is 34.9 Å². The predicted molar refractivity (Wildman–Crippen MR) is 142 cm³/mol. The van der Waals surface area contributed by atoms with Crippen molar-refractivity contribution in [1.29, 1.82) is 0 Å². The first-order chi connectivity index (χ1) is 18.0. The van der Waals surface area contributed by atoms with Gasteiger partial charge in [0.1, 0.15) is 24.1 Å². The quantitative estimate of drug-likeness (QED) is 0.188. The van der Waals surface area contributed by atoms with Crippen molar-refractivity contribution in [3.8, 4) is 11.8 Å². The van der Waals surface area contributed by atoms with E-state index in [4.69, 9.17) is 13.9 Å². The highest BCUT2D eigenvalue weighted by molar-refractivity contribution is 5.95. The summed E-state index contributed by atoms with van der Waals surface area (Å²) in [4.78, 5) is 24.4. The van der Waals surface area contributed by atoms with Crippen molar-refractivity contribution in [2.24, 2.45) is 0 Å². The minimum atomic E-state index is -0.461. The van der Waals surface area contributed by atoms with Gasteiger partial charge in [0.25, 0.3) is 0 Å². The number of cyclic esters (lactones) is 1. The SMILES string of the molecule is Cc1ccc(C#Cc2ccc3oc(CCC(=O)OCC4C/C(=C\c5ccccc5)C(=O)O4)cc3c2)cc1. The summed E-state index contributed by atoms with van der Waals surface area (Å²) in [5.41, 5.74) is 5.33. The molecule has 2 heterocycles. The molecule has 5 rings (SSSR count). The number of rotatable bonds is 6. The van der Waals surface area contributed by atoms with Crippen LogP contribution in [0.5, 0.6) is 0 Å². The fourth-order valence-electron chi connectivity index (χ4n) is 4.12. The number of ether oxygens (including phenoxy) is 2. The van der Waals surface area contributed by atoms with Crippen molar-refractivity contribution in [1.82, 2.24) is 0 Å². The van der Waals surface area contributed by atoms with Gasteiger partial charge in [0.05, 0.1) is 6.42 Å². The largest absolute Gasteiger partial charge is 0.462 e. The Hall–Kier alpha value is -4.56. The van der Waals surface area contributed by atoms with Crippen molar-refractivity contribution in [3.05, 3.63) is 112 Å². The van der Waals surface area contributed by atoms with Crippen LogP contribution < -0.4 is 0 Å². The van der Waals surface area contributed by atoms with Crippen LogP contribution in [0.1, 0.15) is 40.9 Å². The summed E-state index contributed by atoms with van der Waals surface area (Å²) in [6.45, 7) is 2.09. The molecule has 1 saturated heterocycles. The number of esters is 2. The van der Waals surface area contributed by atoms with Crippen LogP contribution in [0.3, 0.4) is 0 Å². The lowest BCUT2D eigenvalue weighted by molar-refractivity contribution is -0.152. The van der Waals surface area contributed by atoms with Crippen molar-refractivity contribution in [3.63, 3.8) is 0 Å². The molecule has 5 heteroatoms. The van der Waals surface area contributed by atoms with Crippen molar-refractivity contribution in [2.45, 2.75) is 32.3 Å². The van der Waals surface area contributed by atoms with Gasteiger partial charge in [-0.25, -0.2) is 4.79 Å². The topological polar surface area (TPSA) is 65.7 Å². The van der Waals surface area contributed by atoms with E-state index in [2.05, 4.69) is 11.8 Å². The van der Waals surface area contributed by atoms with Gasteiger partial charge in [0.2, 0.25) is 0 Å². The van der Waals surface area contributed by atoms with E-state index in [1.165, 1.54) is 5.56 Å². The number of furan rings is 1. The van der Waals surface area contributed by atoms with Crippen LogP contribution in [-0.4, -0.2) is 24.6 Å². The number of hydrogen-bond donors (Lipinski definition) is 0. The van der Waals surface area contributed by atoms with Gasteiger partial charge >= 0.3 is 11.9 Å². The van der Waals surface area contributed by atoms with Crippen molar-refractivity contribution in [2.75, 3.05) is 6.61 Å². The first kappa shape index (κ1) is 24.1. The lowest BCUT2D eigenvalue weighted by Crippen LogP contribution is -2.18. The molecule has 1 atom stereocenters. The van der Waals surface area contributed by atoms with Crippen LogP contribution >= 0.6 is 0 Å². The van der Waals surface area contributed by atoms with Crippen LogP contribution in [-0.2, 0) is 25.5 Å². The number of carbonyl (C=O) groups excluding carboxylic acids is 2. The zero-order chi connectivity index (χ0) is 25.6. The summed E-state index contributed by atoms with van der Waals surface area (Å²) < 4.78 is 16.6. The third kappa shape index (κ3) is 6.36. The standard InChI is InChI=1S/C32H26O5/c1-22-7-9-23(10-8-22)11-12-25-13-15-30-26(17-25)19-28(36-30)14-16-31(33)35-21-29-20-27(32(34)37-29)18-24-5-3-2-4-6-24/h2-10,13,15,17-19,29H,14,16,20-21H2,1H3/b27-18+. The number of carbonyl (C=O) groups is 2. The Kier molecular flexibility index (Phi) is 7.19. The highest BCUT2D eigenvalue weighted by Gasteiger charge is 2.29. The molecule has 1 fully saturated rings. The maximum absolute atomic E-state index is 12.3. The maximum atomic E-state index is 12.3. The van der Waals surface area contributed by atoms with Gasteiger partial charge < -0.3 is 13.9 Å². The van der Waals surface area contributed by atoms with Gasteiger partial charge in [-0.3, -0.25) is 4.79 Å². The van der Waals surface area contributed by atoms with Gasteiger partial charge in [-0.1, -0.05) is 59.9 Å². The summed E-state index contributed by atoms with van der Waals surface area (Å²) in [5.74, 6) is 6.35. The minimum Gasteiger partial charge on any atom is -0.462 e. The van der Waals surface area contributed by atoms with E-state index in [0.717, 1.165) is 27.7 Å². The Balaban J connectivity index is 1.12. The highest BCUT2D eigenvalue weighted by atomic mass is 16.6. The van der Waals surface area contributed by atoms with Crippen LogP contribution in [0.25, 0.3) is 17.0 Å². The van der Waals surface area contributed by atoms with Crippen LogP contribution in [0.15, 0.2) is 88.9 Å². The molecule has 0 bridgehead atoms. The van der Waals surface area contributed by atoms with Gasteiger partial charge in [-0.2, -0.15) is 0 Å². The number of hydrogen-bond acceptors (Lipinski definition) is 5. The van der Waals surface area contributed by atoms with Crippen LogP contribution in [0.2, 0.25) is 0 Å². The molecule has 1 unspecified atom stereocenters. The van der Waals surface area contributed by atoms with Gasteiger partial charge in [-0.05, 0) is 55.0 Å². The third-order valence-corrected chi connectivity index (χ3v) is 6.10. The third-order valence-electron chi connectivity index (χ3n) is 6.10. The summed E-state index contributed by atoms with van der Waals surface area (Å²) >= 11 is 0. The van der Waals surface area contributed by atoms with Crippen LogP contribution in [0, 0.1) is 18.8 Å². The molecule has 0 saturated carbocycles. The smallest absolute Gasteiger partial charge is 0.334 e. The Bertz CT molecular complexity index is 1510. The van der Waals surface area contributed by atoms with Gasteiger partial charge in [0.15, 0.2) is 0 Å². The molecule has 5 nitrogen and oxygen atoms in total. The van der Waals surface area contributed by atoms with E-state index in [-0.39, 0.29) is 25.0 Å². The molecule has 0 radical (unpaired) electrons. The molecule has 0 amide bonds. The second kappa shape index (κ2) is 11.0. The second-order valence-electron chi connectivity index (χ2n) is 9.08. The zero-order valence-electron chi connectivity index (χ0n) is 20.5. The summed E-state index contributed by atoms with van der Waals surface area (Å²) in [5, 5.41) is 0.940. The van der Waals surface area contributed by atoms with E-state index in [1.807, 2.05) is 91.9 Å². The molecule has 4 aromatic rings. The second-order valence-corrected chi connectivity index (χ2v) is 9.08. The number of aryl methyl sites for hydroxylation is 2. The molecular formula is C32H26O5. The summed E-state index contributed by atoms with van der Waals surface area (Å²) in [7, 11) is 0. The van der Waals surface area contributed by atoms with Crippen molar-refractivity contribution < 1.29 is 23.5 Å². The van der Waals surface area contributed by atoms with E-state index < -0.39 is 6.10 Å². The molecule has 1 aliphatic heterocycles. The van der Waals surface area contributed by atoms with E-state index >= 15 is 0 Å². The van der Waals surface area contributed by atoms with Crippen LogP contribution in [0.4, 0.5) is 0 Å². The number of benzene rings is 3. The first-order valence-corrected chi connectivity index (χ1v) is 12.3. The molecule has 0 N–H and O–H groups in total. The summed E-state index contributed by atoms with van der Waals surface area (Å²) in [6, 6.07) is 25.4. The van der Waals surface area contributed by atoms with Gasteiger partial charge in [-0.15, -0.1) is 0 Å². The van der Waals surface area contributed by atoms with E-state index in [9.17, 15) is 9.59 Å². The molecule has 1 aromatic heterocycles. The molecule has 37 heavy (non-hydrogen) atoms. The Morgan fingerprint density at radius 3 is 2.57 bits per heavy atom. The van der Waals surface area contributed by atoms with E-state index in [0.29, 0.717) is 24.2 Å². The molecule has 1 aliphatic rings. The Morgan fingerprint density at radius 2 is 1.76 bits per heavy atom. The Labute approximate surface area is 215 Å². The lowest BCUT2D eigenvalue weighted by Gasteiger charge is -2.09.